The van der Waals surface area contributed by atoms with Crippen molar-refractivity contribution in [3.63, 3.8) is 0 Å². The number of aromatic nitrogens is 8. The lowest BCUT2D eigenvalue weighted by Gasteiger charge is -2.12. The summed E-state index contributed by atoms with van der Waals surface area (Å²) in [4.78, 5) is 64.3. The summed E-state index contributed by atoms with van der Waals surface area (Å²) in [6.45, 7) is 3.48. The van der Waals surface area contributed by atoms with Gasteiger partial charge in [0, 0.05) is 40.6 Å². The maximum absolute atomic E-state index is 13.0. The molecule has 8 rings (SSSR count). The number of rotatable bonds is 10. The van der Waals surface area contributed by atoms with Crippen molar-refractivity contribution in [1.82, 2.24) is 34.5 Å². The van der Waals surface area contributed by atoms with E-state index in [0.29, 0.717) is 21.5 Å². The van der Waals surface area contributed by atoms with Crippen LogP contribution < -0.4 is 15.6 Å². The van der Waals surface area contributed by atoms with Crippen LogP contribution in [-0.2, 0) is 19.3 Å². The summed E-state index contributed by atoms with van der Waals surface area (Å²) in [6, 6.07) is 26.1. The normalized spacial score (nSPS) is 11.1. The number of sulfone groups is 1. The zero-order valence-electron chi connectivity index (χ0n) is 32.2. The topological polar surface area (TPSA) is 222 Å². The quantitative estimate of drug-likeness (QED) is 0.101. The van der Waals surface area contributed by atoms with E-state index in [1.807, 2.05) is 36.4 Å². The number of nitrogens with zero attached hydrogens (tertiary/aromatic N) is 8. The van der Waals surface area contributed by atoms with Crippen molar-refractivity contribution in [3.8, 4) is 11.4 Å². The van der Waals surface area contributed by atoms with Gasteiger partial charge in [0.25, 0.3) is 0 Å². The van der Waals surface area contributed by atoms with Crippen LogP contribution in [0.3, 0.4) is 0 Å². The molecular weight excluding hydrogens is 825 g/mol. The predicted octanol–water partition coefficient (Wildman–Crippen LogP) is 4.93. The molecule has 0 saturated heterocycles. The first-order chi connectivity index (χ1) is 29.5. The molecule has 17 nitrogen and oxygen atoms in total. The maximum atomic E-state index is 13.0. The van der Waals surface area contributed by atoms with E-state index in [1.165, 1.54) is 64.2 Å². The lowest BCUT2D eigenvalue weighted by molar-refractivity contribution is -0.607. The molecule has 0 saturated carbocycles. The highest BCUT2D eigenvalue weighted by molar-refractivity contribution is 7.99. The Balaban J connectivity index is 0.000000185. The molecule has 306 valence electrons. The highest BCUT2D eigenvalue weighted by atomic mass is 32.2. The van der Waals surface area contributed by atoms with Crippen LogP contribution in [0.4, 0.5) is 0 Å². The monoisotopic (exact) mass is 856 g/mol. The first kappa shape index (κ1) is 41.5. The van der Waals surface area contributed by atoms with Crippen molar-refractivity contribution in [2.24, 2.45) is 0 Å². The minimum atomic E-state index is -4.02. The number of pyridine rings is 4. The lowest BCUT2D eigenvalue weighted by Crippen LogP contribution is -2.25. The van der Waals surface area contributed by atoms with Crippen molar-refractivity contribution < 1.29 is 32.2 Å². The number of hydrogen-bond acceptors (Lipinski definition) is 15. The zero-order valence-corrected chi connectivity index (χ0v) is 33.8. The van der Waals surface area contributed by atoms with Gasteiger partial charge in [-0.25, -0.2) is 37.3 Å². The molecule has 6 aromatic heterocycles. The number of fused-ring (bicyclic) bond motifs is 2. The Morgan fingerprint density at radius 1 is 0.689 bits per heavy atom. The van der Waals surface area contributed by atoms with Gasteiger partial charge in [0.2, 0.25) is 32.1 Å². The van der Waals surface area contributed by atoms with Crippen LogP contribution in [0, 0.1) is 5.21 Å². The molecule has 0 atom stereocenters. The van der Waals surface area contributed by atoms with Crippen LogP contribution in [0.25, 0.3) is 33.4 Å². The molecule has 0 spiro atoms. The highest BCUT2D eigenvalue weighted by Gasteiger charge is 2.24. The Hall–Kier alpha value is -7.64. The maximum Gasteiger partial charge on any atom is 0.362 e. The van der Waals surface area contributed by atoms with Gasteiger partial charge in [-0.15, -0.1) is 0 Å². The molecular formula is C42H32N8O9S2. The summed E-state index contributed by atoms with van der Waals surface area (Å²) in [6.07, 6.45) is 8.66. The second kappa shape index (κ2) is 18.1. The Morgan fingerprint density at radius 2 is 1.23 bits per heavy atom. The van der Waals surface area contributed by atoms with Gasteiger partial charge in [-0.1, -0.05) is 23.9 Å². The van der Waals surface area contributed by atoms with Gasteiger partial charge in [0.1, 0.15) is 4.90 Å². The first-order valence-electron chi connectivity index (χ1n) is 18.3. The van der Waals surface area contributed by atoms with Crippen molar-refractivity contribution in [2.45, 2.75) is 33.4 Å². The molecule has 0 bridgehead atoms. The Bertz CT molecular complexity index is 3180. The van der Waals surface area contributed by atoms with Crippen LogP contribution >= 0.6 is 11.8 Å². The first-order valence-corrected chi connectivity index (χ1v) is 20.6. The molecule has 0 aliphatic rings. The zero-order chi connectivity index (χ0) is 43.1. The molecule has 0 aliphatic carbocycles. The number of carbonyl (C=O) groups is 2. The van der Waals surface area contributed by atoms with Crippen LogP contribution in [-0.4, -0.2) is 68.1 Å². The van der Waals surface area contributed by atoms with E-state index in [2.05, 4.69) is 25.1 Å². The van der Waals surface area contributed by atoms with E-state index in [4.69, 9.17) is 9.47 Å². The van der Waals surface area contributed by atoms with Crippen LogP contribution in [0.15, 0.2) is 163 Å². The second-order valence-corrected chi connectivity index (χ2v) is 15.7. The van der Waals surface area contributed by atoms with Crippen molar-refractivity contribution in [1.29, 1.82) is 0 Å². The molecule has 2 aromatic carbocycles. The smallest absolute Gasteiger partial charge is 0.362 e. The van der Waals surface area contributed by atoms with Gasteiger partial charge < -0.3 is 14.7 Å². The lowest BCUT2D eigenvalue weighted by atomic mass is 10.2. The summed E-state index contributed by atoms with van der Waals surface area (Å²) in [5.74, 6) is -1.65. The number of benzene rings is 2. The second-order valence-electron chi connectivity index (χ2n) is 12.6. The average Bonchev–Trinajstić information content (AvgIpc) is 3.28. The van der Waals surface area contributed by atoms with E-state index in [9.17, 15) is 32.8 Å². The molecule has 0 N–H and O–H groups in total. The minimum Gasteiger partial charge on any atom is -0.619 e. The van der Waals surface area contributed by atoms with Crippen LogP contribution in [0.5, 0.6) is 0 Å². The third-order valence-corrected chi connectivity index (χ3v) is 11.3. The summed E-state index contributed by atoms with van der Waals surface area (Å²) in [5.41, 5.74) is -0.432. The summed E-state index contributed by atoms with van der Waals surface area (Å²) < 4.78 is 39.1. The number of esters is 2. The summed E-state index contributed by atoms with van der Waals surface area (Å²) >= 11 is 1.55. The molecule has 6 heterocycles. The summed E-state index contributed by atoms with van der Waals surface area (Å²) in [5, 5.41) is 20.4. The molecule has 8 aromatic rings. The molecule has 0 radical (unpaired) electrons. The average molecular weight is 857 g/mol. The van der Waals surface area contributed by atoms with E-state index < -0.39 is 38.3 Å². The Morgan fingerprint density at radius 3 is 1.79 bits per heavy atom. The third-order valence-electron chi connectivity index (χ3n) is 8.59. The van der Waals surface area contributed by atoms with E-state index in [1.54, 1.807) is 62.4 Å². The summed E-state index contributed by atoms with van der Waals surface area (Å²) in [7, 11) is -4.02. The molecule has 61 heavy (non-hydrogen) atoms. The SMILES string of the molecule is CCOC(=O)c1nn(-c2cccc(S(=O)(=O)c3ccc[n+]([O-])c3)c2)c2ncccc2c1=O.CCOC(=O)c1nn(-c2cccc(Sc3cccnc3)c2)c2ncccc2c1=O. The van der Waals surface area contributed by atoms with Crippen molar-refractivity contribution in [3.05, 3.63) is 171 Å². The Labute approximate surface area is 350 Å². The molecule has 0 unspecified atom stereocenters. The highest BCUT2D eigenvalue weighted by Crippen LogP contribution is 2.29. The Kier molecular flexibility index (Phi) is 12.3. The van der Waals surface area contributed by atoms with Gasteiger partial charge >= 0.3 is 11.9 Å². The van der Waals surface area contributed by atoms with Gasteiger partial charge in [-0.3, -0.25) is 14.6 Å². The molecule has 0 fully saturated rings. The largest absolute Gasteiger partial charge is 0.619 e. The number of carbonyl (C=O) groups excluding carboxylic acids is 2. The fraction of sp³-hybridized carbons (Fsp3) is 0.0952. The minimum absolute atomic E-state index is 0.0511. The van der Waals surface area contributed by atoms with Gasteiger partial charge in [-0.05, 0) is 92.7 Å². The molecule has 0 aliphatic heterocycles. The third kappa shape index (κ3) is 8.87. The van der Waals surface area contributed by atoms with Crippen LogP contribution in [0.2, 0.25) is 0 Å². The van der Waals surface area contributed by atoms with Gasteiger partial charge in [0.05, 0.1) is 40.3 Å². The van der Waals surface area contributed by atoms with Gasteiger partial charge in [0.15, 0.2) is 23.7 Å². The number of hydrogen-bond donors (Lipinski definition) is 0. The standard InChI is InChI=1S/C21H16N4O6S.C21H16N4O3S/c1-2-31-21(27)18-19(26)17-9-4-10-22-20(17)25(23-18)14-6-3-7-15(12-14)32(29,30)16-8-5-11-24(28)13-16;1-2-28-21(27)18-19(26)17-9-5-11-23-20(17)25(24-18)14-6-3-7-15(12-14)29-16-8-4-10-22-13-16/h3-13H,2H2,1H3;3-13H,2H2,1H3. The molecule has 19 heteroatoms. The van der Waals surface area contributed by atoms with E-state index in [0.717, 1.165) is 16.0 Å². The van der Waals surface area contributed by atoms with Crippen molar-refractivity contribution in [2.75, 3.05) is 13.2 Å². The molecule has 0 amide bonds. The fourth-order valence-electron chi connectivity index (χ4n) is 5.89. The fourth-order valence-corrected chi connectivity index (χ4v) is 8.05. The van der Waals surface area contributed by atoms with Gasteiger partial charge in [-0.2, -0.15) is 14.9 Å². The van der Waals surface area contributed by atoms with E-state index >= 15 is 0 Å². The number of ether oxygens (including phenoxy) is 2. The van der Waals surface area contributed by atoms with E-state index in [-0.39, 0.29) is 45.4 Å². The van der Waals surface area contributed by atoms with Crippen molar-refractivity contribution >= 4 is 55.6 Å². The van der Waals surface area contributed by atoms with Crippen LogP contribution in [0.1, 0.15) is 34.8 Å². The predicted molar refractivity (Wildman–Crippen MR) is 221 cm³/mol.